The second kappa shape index (κ2) is 6.86. The molecule has 0 bridgehead atoms. The number of carboxylic acid groups (broad SMARTS) is 1. The van der Waals surface area contributed by atoms with Crippen molar-refractivity contribution in [3.63, 3.8) is 0 Å². The summed E-state index contributed by atoms with van der Waals surface area (Å²) >= 11 is 0. The number of nitrogens with zero attached hydrogens (tertiary/aromatic N) is 3. The highest BCUT2D eigenvalue weighted by molar-refractivity contribution is 5.71. The fourth-order valence-electron chi connectivity index (χ4n) is 2.97. The third-order valence-corrected chi connectivity index (χ3v) is 4.28. The van der Waals surface area contributed by atoms with E-state index in [1.54, 1.807) is 7.11 Å². The molecule has 2 aromatic rings. The van der Waals surface area contributed by atoms with Crippen LogP contribution in [0.2, 0.25) is 0 Å². The molecule has 0 radical (unpaired) electrons. The summed E-state index contributed by atoms with van der Waals surface area (Å²) in [6.45, 7) is 3.24. The lowest BCUT2D eigenvalue weighted by Crippen LogP contribution is -2.39. The molecule has 0 aliphatic carbocycles. The number of rotatable bonds is 4. The highest BCUT2D eigenvalue weighted by Crippen LogP contribution is 2.26. The molecule has 3 rings (SSSR count). The molecule has 0 spiro atoms. The summed E-state index contributed by atoms with van der Waals surface area (Å²) < 4.78 is 5.18. The highest BCUT2D eigenvalue weighted by atomic mass is 16.5. The van der Waals surface area contributed by atoms with Crippen LogP contribution in [0.3, 0.4) is 0 Å². The van der Waals surface area contributed by atoms with Crippen LogP contribution in [0.4, 0.5) is 5.82 Å². The first-order valence-corrected chi connectivity index (χ1v) is 8.04. The van der Waals surface area contributed by atoms with Crippen molar-refractivity contribution in [1.29, 1.82) is 0 Å². The molecule has 1 aliphatic rings. The zero-order valence-corrected chi connectivity index (χ0v) is 13.9. The molecular formula is C18H21N3O3. The monoisotopic (exact) mass is 327 g/mol. The van der Waals surface area contributed by atoms with Crippen LogP contribution >= 0.6 is 0 Å². The molecule has 1 saturated heterocycles. The summed E-state index contributed by atoms with van der Waals surface area (Å²) in [4.78, 5) is 22.5. The third-order valence-electron chi connectivity index (χ3n) is 4.28. The quantitative estimate of drug-likeness (QED) is 0.930. The zero-order valence-electron chi connectivity index (χ0n) is 13.9. The van der Waals surface area contributed by atoms with Crippen molar-refractivity contribution >= 4 is 11.8 Å². The smallest absolute Gasteiger partial charge is 0.308 e. The topological polar surface area (TPSA) is 75.5 Å². The van der Waals surface area contributed by atoms with Crippen molar-refractivity contribution in [1.82, 2.24) is 9.97 Å². The largest absolute Gasteiger partial charge is 0.497 e. The molecule has 1 aromatic heterocycles. The Labute approximate surface area is 141 Å². The van der Waals surface area contributed by atoms with Crippen molar-refractivity contribution in [3.05, 3.63) is 36.0 Å². The second-order valence-corrected chi connectivity index (χ2v) is 6.04. The number of hydrogen-bond donors (Lipinski definition) is 1. The van der Waals surface area contributed by atoms with E-state index in [2.05, 4.69) is 9.97 Å². The van der Waals surface area contributed by atoms with E-state index >= 15 is 0 Å². The molecule has 6 nitrogen and oxygen atoms in total. The number of piperidine rings is 1. The van der Waals surface area contributed by atoms with Gasteiger partial charge >= 0.3 is 5.97 Å². The van der Waals surface area contributed by atoms with Crippen molar-refractivity contribution < 1.29 is 14.6 Å². The minimum atomic E-state index is -0.735. The molecule has 1 aromatic carbocycles. The minimum Gasteiger partial charge on any atom is -0.497 e. The van der Waals surface area contributed by atoms with E-state index in [9.17, 15) is 9.90 Å². The lowest BCUT2D eigenvalue weighted by molar-refractivity contribution is -0.141. The maximum atomic E-state index is 11.3. The van der Waals surface area contributed by atoms with Crippen LogP contribution in [0.15, 0.2) is 30.3 Å². The number of methoxy groups -OCH3 is 1. The zero-order chi connectivity index (χ0) is 17.1. The average molecular weight is 327 g/mol. The van der Waals surface area contributed by atoms with E-state index in [-0.39, 0.29) is 5.92 Å². The van der Waals surface area contributed by atoms with Crippen LogP contribution in [-0.2, 0) is 4.79 Å². The van der Waals surface area contributed by atoms with E-state index in [1.165, 1.54) is 0 Å². The number of aryl methyl sites for hydroxylation is 1. The van der Waals surface area contributed by atoms with Crippen LogP contribution in [0.1, 0.15) is 18.5 Å². The number of aliphatic carboxylic acids is 1. The lowest BCUT2D eigenvalue weighted by atomic mass is 9.98. The summed E-state index contributed by atoms with van der Waals surface area (Å²) in [6.07, 6.45) is 1.58. The molecule has 6 heteroatoms. The molecule has 1 atom stereocenters. The molecule has 24 heavy (non-hydrogen) atoms. The first-order chi connectivity index (χ1) is 11.6. The molecule has 2 heterocycles. The van der Waals surface area contributed by atoms with E-state index < -0.39 is 5.97 Å². The van der Waals surface area contributed by atoms with Crippen LogP contribution in [0, 0.1) is 12.8 Å². The Morgan fingerprint density at radius 2 is 2.04 bits per heavy atom. The number of hydrogen-bond acceptors (Lipinski definition) is 5. The predicted octanol–water partition coefficient (Wildman–Crippen LogP) is 2.76. The Hall–Kier alpha value is -2.63. The third kappa shape index (κ3) is 3.48. The van der Waals surface area contributed by atoms with Crippen molar-refractivity contribution in [2.24, 2.45) is 5.92 Å². The van der Waals surface area contributed by atoms with Gasteiger partial charge in [-0.3, -0.25) is 4.79 Å². The van der Waals surface area contributed by atoms with Crippen molar-refractivity contribution in [2.45, 2.75) is 19.8 Å². The first-order valence-electron chi connectivity index (χ1n) is 8.04. The molecule has 1 unspecified atom stereocenters. The van der Waals surface area contributed by atoms with Gasteiger partial charge < -0.3 is 14.7 Å². The van der Waals surface area contributed by atoms with Gasteiger partial charge in [-0.25, -0.2) is 9.97 Å². The maximum Gasteiger partial charge on any atom is 0.308 e. The molecule has 0 saturated carbocycles. The Balaban J connectivity index is 1.89. The Kier molecular flexibility index (Phi) is 4.64. The number of anilines is 1. The fraction of sp³-hybridized carbons (Fsp3) is 0.389. The summed E-state index contributed by atoms with van der Waals surface area (Å²) in [5, 5.41) is 9.27. The van der Waals surface area contributed by atoms with E-state index in [0.29, 0.717) is 12.4 Å². The van der Waals surface area contributed by atoms with Gasteiger partial charge in [-0.15, -0.1) is 0 Å². The van der Waals surface area contributed by atoms with E-state index in [0.717, 1.165) is 42.2 Å². The van der Waals surface area contributed by atoms with Gasteiger partial charge in [0.15, 0.2) is 5.82 Å². The number of ether oxygens (including phenoxy) is 1. The average Bonchev–Trinajstić information content (AvgIpc) is 2.61. The number of carbonyl (C=O) groups is 1. The Morgan fingerprint density at radius 1 is 1.29 bits per heavy atom. The van der Waals surface area contributed by atoms with Gasteiger partial charge in [0, 0.05) is 30.4 Å². The molecular weight excluding hydrogens is 306 g/mol. The van der Waals surface area contributed by atoms with E-state index in [1.807, 2.05) is 42.2 Å². The van der Waals surface area contributed by atoms with Crippen LogP contribution in [0.25, 0.3) is 11.4 Å². The summed E-state index contributed by atoms with van der Waals surface area (Å²) in [6, 6.07) is 9.52. The van der Waals surface area contributed by atoms with Crippen LogP contribution in [0.5, 0.6) is 5.75 Å². The fourth-order valence-corrected chi connectivity index (χ4v) is 2.97. The van der Waals surface area contributed by atoms with Gasteiger partial charge in [-0.05, 0) is 44.0 Å². The minimum absolute atomic E-state index is 0.335. The molecule has 1 N–H and O–H groups in total. The Morgan fingerprint density at radius 3 is 2.71 bits per heavy atom. The van der Waals surface area contributed by atoms with Gasteiger partial charge in [0.1, 0.15) is 11.6 Å². The van der Waals surface area contributed by atoms with Gasteiger partial charge in [0.05, 0.1) is 13.0 Å². The second-order valence-electron chi connectivity index (χ2n) is 6.04. The molecule has 0 amide bonds. The molecule has 1 fully saturated rings. The van der Waals surface area contributed by atoms with Gasteiger partial charge in [0.2, 0.25) is 0 Å². The molecule has 126 valence electrons. The van der Waals surface area contributed by atoms with Gasteiger partial charge in [-0.2, -0.15) is 0 Å². The summed E-state index contributed by atoms with van der Waals surface area (Å²) in [7, 11) is 1.63. The van der Waals surface area contributed by atoms with Crippen LogP contribution in [-0.4, -0.2) is 41.2 Å². The predicted molar refractivity (Wildman–Crippen MR) is 91.3 cm³/mol. The SMILES string of the molecule is COc1ccc(-c2nc(C)cc(N3CCCC(C(=O)O)C3)n2)cc1. The van der Waals surface area contributed by atoms with Gasteiger partial charge in [0.25, 0.3) is 0 Å². The lowest BCUT2D eigenvalue weighted by Gasteiger charge is -2.31. The normalized spacial score (nSPS) is 17.6. The van der Waals surface area contributed by atoms with Crippen LogP contribution < -0.4 is 9.64 Å². The van der Waals surface area contributed by atoms with Gasteiger partial charge in [-0.1, -0.05) is 0 Å². The summed E-state index contributed by atoms with van der Waals surface area (Å²) in [5.74, 6) is 1.15. The standard InChI is InChI=1S/C18H21N3O3/c1-12-10-16(21-9-3-4-14(11-21)18(22)23)20-17(19-12)13-5-7-15(24-2)8-6-13/h5-8,10,14H,3-4,9,11H2,1-2H3,(H,22,23). The Bertz CT molecular complexity index is 731. The number of aromatic nitrogens is 2. The number of benzene rings is 1. The first kappa shape index (κ1) is 16.2. The maximum absolute atomic E-state index is 11.3. The van der Waals surface area contributed by atoms with Crippen molar-refractivity contribution in [2.75, 3.05) is 25.1 Å². The number of carboxylic acids is 1. The van der Waals surface area contributed by atoms with E-state index in [4.69, 9.17) is 4.74 Å². The van der Waals surface area contributed by atoms with Crippen molar-refractivity contribution in [3.8, 4) is 17.1 Å². The summed E-state index contributed by atoms with van der Waals surface area (Å²) in [5.41, 5.74) is 1.77. The highest BCUT2D eigenvalue weighted by Gasteiger charge is 2.26. The molecule has 1 aliphatic heterocycles.